The molecule has 0 saturated heterocycles. The molecule has 2 saturated carbocycles. The van der Waals surface area contributed by atoms with Gasteiger partial charge in [0, 0.05) is 12.0 Å². The smallest absolute Gasteiger partial charge is 0.229 e. The fourth-order valence-corrected chi connectivity index (χ4v) is 3.66. The molecule has 4 unspecified atom stereocenters. The van der Waals surface area contributed by atoms with Crippen LogP contribution in [0.25, 0.3) is 0 Å². The van der Waals surface area contributed by atoms with Crippen LogP contribution in [-0.2, 0) is 4.79 Å². The molecule has 2 rings (SSSR count). The summed E-state index contributed by atoms with van der Waals surface area (Å²) in [6, 6.07) is 0.0651. The Kier molecular flexibility index (Phi) is 5.75. The maximum absolute atomic E-state index is 13.3. The van der Waals surface area contributed by atoms with Crippen LogP contribution in [0.1, 0.15) is 58.3 Å². The lowest BCUT2D eigenvalue weighted by Crippen LogP contribution is -2.48. The minimum absolute atomic E-state index is 0.0299. The molecule has 2 fully saturated rings. The largest absolute Gasteiger partial charge is 0.360 e. The third-order valence-corrected chi connectivity index (χ3v) is 4.85. The molecular weight excluding hydrogens is 275 g/mol. The molecular formula is C15H25FN2OS. The molecule has 20 heavy (non-hydrogen) atoms. The van der Waals surface area contributed by atoms with E-state index >= 15 is 0 Å². The van der Waals surface area contributed by atoms with Crippen molar-refractivity contribution in [1.29, 1.82) is 0 Å². The van der Waals surface area contributed by atoms with Crippen molar-refractivity contribution >= 4 is 23.2 Å². The number of carbonyl (C=O) groups is 1. The predicted molar refractivity (Wildman–Crippen MR) is 82.2 cm³/mol. The van der Waals surface area contributed by atoms with Gasteiger partial charge >= 0.3 is 0 Å². The monoisotopic (exact) mass is 300 g/mol. The average molecular weight is 300 g/mol. The lowest BCUT2D eigenvalue weighted by atomic mass is 9.80. The molecule has 0 aromatic heterocycles. The van der Waals surface area contributed by atoms with Crippen molar-refractivity contribution in [3.05, 3.63) is 0 Å². The maximum atomic E-state index is 13.3. The number of nitrogens with one attached hydrogen (secondary N) is 2. The Labute approximate surface area is 126 Å². The summed E-state index contributed by atoms with van der Waals surface area (Å²) in [4.78, 5) is 12.2. The van der Waals surface area contributed by atoms with Gasteiger partial charge in [-0.05, 0) is 56.7 Å². The molecule has 5 heteroatoms. The number of alkyl halides is 1. The van der Waals surface area contributed by atoms with Crippen LogP contribution in [0.2, 0.25) is 0 Å². The van der Waals surface area contributed by atoms with Gasteiger partial charge in [0.25, 0.3) is 0 Å². The molecule has 3 nitrogen and oxygen atoms in total. The number of hydrogen-bond donors (Lipinski definition) is 2. The molecule has 0 aliphatic heterocycles. The molecule has 4 atom stereocenters. The van der Waals surface area contributed by atoms with Crippen molar-refractivity contribution in [2.45, 2.75) is 70.5 Å². The molecule has 2 aliphatic carbocycles. The van der Waals surface area contributed by atoms with Crippen LogP contribution in [0.15, 0.2) is 0 Å². The van der Waals surface area contributed by atoms with Gasteiger partial charge in [-0.2, -0.15) is 0 Å². The first-order chi connectivity index (χ1) is 9.56. The van der Waals surface area contributed by atoms with Crippen molar-refractivity contribution in [1.82, 2.24) is 10.6 Å². The Morgan fingerprint density at radius 1 is 1.15 bits per heavy atom. The highest BCUT2D eigenvalue weighted by Gasteiger charge is 2.29. The molecule has 0 heterocycles. The Hall–Kier alpha value is -0.710. The van der Waals surface area contributed by atoms with Gasteiger partial charge in [-0.25, -0.2) is 4.39 Å². The standard InChI is InChI=1S/C15H25FN2OS/c1-10-5-2-3-8-13(10)14(19)18-15(20)17-12-7-4-6-11(16)9-12/h10-13H,2-9H2,1H3,(H2,17,18,19,20). The van der Waals surface area contributed by atoms with Gasteiger partial charge < -0.3 is 10.6 Å². The first-order valence-corrected chi connectivity index (χ1v) is 8.22. The first kappa shape index (κ1) is 15.7. The lowest BCUT2D eigenvalue weighted by Gasteiger charge is -2.29. The predicted octanol–water partition coefficient (Wildman–Crippen LogP) is 3.08. The van der Waals surface area contributed by atoms with E-state index in [0.717, 1.165) is 32.1 Å². The average Bonchev–Trinajstić information content (AvgIpc) is 2.38. The summed E-state index contributed by atoms with van der Waals surface area (Å²) in [6.07, 6.45) is 6.62. The Morgan fingerprint density at radius 2 is 1.90 bits per heavy atom. The molecule has 114 valence electrons. The van der Waals surface area contributed by atoms with E-state index in [4.69, 9.17) is 12.2 Å². The van der Waals surface area contributed by atoms with Crippen molar-refractivity contribution in [3.63, 3.8) is 0 Å². The Bertz CT molecular complexity index is 364. The van der Waals surface area contributed by atoms with E-state index in [-0.39, 0.29) is 17.9 Å². The SMILES string of the molecule is CC1CCCCC1C(=O)NC(=S)NC1CCCC(F)C1. The van der Waals surface area contributed by atoms with E-state index in [2.05, 4.69) is 17.6 Å². The van der Waals surface area contributed by atoms with Crippen LogP contribution in [-0.4, -0.2) is 23.2 Å². The van der Waals surface area contributed by atoms with Crippen LogP contribution in [0.5, 0.6) is 0 Å². The zero-order valence-corrected chi connectivity index (χ0v) is 13.0. The van der Waals surface area contributed by atoms with Crippen molar-refractivity contribution in [2.24, 2.45) is 11.8 Å². The summed E-state index contributed by atoms with van der Waals surface area (Å²) >= 11 is 5.19. The quantitative estimate of drug-likeness (QED) is 0.770. The summed E-state index contributed by atoms with van der Waals surface area (Å²) in [5.41, 5.74) is 0. The van der Waals surface area contributed by atoms with Crippen LogP contribution in [0.4, 0.5) is 4.39 Å². The summed E-state index contributed by atoms with van der Waals surface area (Å²) in [7, 11) is 0. The highest BCUT2D eigenvalue weighted by molar-refractivity contribution is 7.80. The maximum Gasteiger partial charge on any atom is 0.229 e. The molecule has 0 bridgehead atoms. The van der Waals surface area contributed by atoms with Crippen molar-refractivity contribution in [2.75, 3.05) is 0 Å². The van der Waals surface area contributed by atoms with Crippen LogP contribution in [0, 0.1) is 11.8 Å². The second-order valence-electron chi connectivity index (χ2n) is 6.29. The highest BCUT2D eigenvalue weighted by Crippen LogP contribution is 2.29. The summed E-state index contributed by atoms with van der Waals surface area (Å²) in [5.74, 6) is 0.530. The zero-order chi connectivity index (χ0) is 14.5. The number of rotatable bonds is 2. The molecule has 0 aromatic carbocycles. The minimum atomic E-state index is -0.738. The number of carbonyl (C=O) groups excluding carboxylic acids is 1. The normalized spacial score (nSPS) is 34.3. The molecule has 2 N–H and O–H groups in total. The Balaban J connectivity index is 1.77. The fraction of sp³-hybridized carbons (Fsp3) is 0.867. The fourth-order valence-electron chi connectivity index (χ4n) is 3.39. The van der Waals surface area contributed by atoms with Crippen LogP contribution >= 0.6 is 12.2 Å². The molecule has 0 radical (unpaired) electrons. The lowest BCUT2D eigenvalue weighted by molar-refractivity contribution is -0.126. The van der Waals surface area contributed by atoms with Gasteiger partial charge in [0.15, 0.2) is 5.11 Å². The van der Waals surface area contributed by atoms with E-state index in [9.17, 15) is 9.18 Å². The molecule has 2 aliphatic rings. The van der Waals surface area contributed by atoms with Gasteiger partial charge in [0.1, 0.15) is 6.17 Å². The number of halogens is 1. The second kappa shape index (κ2) is 7.34. The van der Waals surface area contributed by atoms with Gasteiger partial charge in [0.2, 0.25) is 5.91 Å². The van der Waals surface area contributed by atoms with E-state index in [1.165, 1.54) is 6.42 Å². The van der Waals surface area contributed by atoms with E-state index in [1.54, 1.807) is 0 Å². The van der Waals surface area contributed by atoms with Gasteiger partial charge in [0.05, 0.1) is 0 Å². The summed E-state index contributed by atoms with van der Waals surface area (Å²) in [5, 5.41) is 6.26. The third-order valence-electron chi connectivity index (χ3n) is 4.63. The zero-order valence-electron chi connectivity index (χ0n) is 12.2. The molecule has 0 spiro atoms. The van der Waals surface area contributed by atoms with E-state index in [1.807, 2.05) is 0 Å². The highest BCUT2D eigenvalue weighted by atomic mass is 32.1. The number of amides is 1. The van der Waals surface area contributed by atoms with E-state index < -0.39 is 6.17 Å². The second-order valence-corrected chi connectivity index (χ2v) is 6.70. The van der Waals surface area contributed by atoms with Crippen molar-refractivity contribution < 1.29 is 9.18 Å². The number of thiocarbonyl (C=S) groups is 1. The van der Waals surface area contributed by atoms with Crippen molar-refractivity contribution in [3.8, 4) is 0 Å². The summed E-state index contributed by atoms with van der Waals surface area (Å²) in [6.45, 7) is 2.13. The molecule has 1 amide bonds. The molecule has 0 aromatic rings. The van der Waals surface area contributed by atoms with E-state index in [0.29, 0.717) is 23.9 Å². The summed E-state index contributed by atoms with van der Waals surface area (Å²) < 4.78 is 13.3. The van der Waals surface area contributed by atoms with Crippen LogP contribution in [0.3, 0.4) is 0 Å². The topological polar surface area (TPSA) is 41.1 Å². The van der Waals surface area contributed by atoms with Gasteiger partial charge in [-0.15, -0.1) is 0 Å². The minimum Gasteiger partial charge on any atom is -0.360 e. The first-order valence-electron chi connectivity index (χ1n) is 7.81. The van der Waals surface area contributed by atoms with Crippen LogP contribution < -0.4 is 10.6 Å². The van der Waals surface area contributed by atoms with Gasteiger partial charge in [-0.3, -0.25) is 4.79 Å². The third kappa shape index (κ3) is 4.40. The Morgan fingerprint density at radius 3 is 2.60 bits per heavy atom. The number of hydrogen-bond acceptors (Lipinski definition) is 2. The van der Waals surface area contributed by atoms with Gasteiger partial charge in [-0.1, -0.05) is 19.8 Å².